The van der Waals surface area contributed by atoms with Crippen molar-refractivity contribution in [3.63, 3.8) is 0 Å². The van der Waals surface area contributed by atoms with Gasteiger partial charge in [0.2, 0.25) is 5.91 Å². The summed E-state index contributed by atoms with van der Waals surface area (Å²) in [7, 11) is 1.87. The number of carbonyl (C=O) groups excluding carboxylic acids is 1. The highest BCUT2D eigenvalue weighted by molar-refractivity contribution is 5.84. The average Bonchev–Trinajstić information content (AvgIpc) is 3.64. The van der Waals surface area contributed by atoms with Gasteiger partial charge in [0.15, 0.2) is 0 Å². The van der Waals surface area contributed by atoms with Gasteiger partial charge in [-0.15, -0.1) is 0 Å². The molecule has 1 unspecified atom stereocenters. The highest BCUT2D eigenvalue weighted by Gasteiger charge is 2.28. The Morgan fingerprint density at radius 3 is 2.41 bits per heavy atom. The quantitative estimate of drug-likeness (QED) is 0.345. The van der Waals surface area contributed by atoms with E-state index in [2.05, 4.69) is 21.1 Å². The summed E-state index contributed by atoms with van der Waals surface area (Å²) < 4.78 is 16.9. The van der Waals surface area contributed by atoms with Crippen molar-refractivity contribution in [2.24, 2.45) is 12.8 Å². The minimum absolute atomic E-state index is 0.0480. The number of nitrogens with two attached hydrogens (primary N) is 1. The summed E-state index contributed by atoms with van der Waals surface area (Å²) in [5, 5.41) is 14.0. The molecule has 10 nitrogen and oxygen atoms in total. The number of imidazole rings is 1. The van der Waals surface area contributed by atoms with Gasteiger partial charge < -0.3 is 15.5 Å². The van der Waals surface area contributed by atoms with Crippen LogP contribution in [0.1, 0.15) is 17.2 Å². The van der Waals surface area contributed by atoms with Gasteiger partial charge in [0, 0.05) is 63.3 Å². The number of anilines is 1. The lowest BCUT2D eigenvalue weighted by atomic mass is 9.97. The van der Waals surface area contributed by atoms with E-state index < -0.39 is 5.92 Å². The molecular weight excluding hydrogens is 521 g/mol. The molecule has 1 aliphatic heterocycles. The maximum absolute atomic E-state index is 13.4. The fraction of sp³-hybridized carbons (Fsp3) is 0.233. The maximum atomic E-state index is 13.4. The molecule has 4 aromatic heterocycles. The number of aryl methyl sites for hydroxylation is 1. The van der Waals surface area contributed by atoms with Gasteiger partial charge in [-0.25, -0.2) is 14.4 Å². The molecule has 0 spiro atoms. The third kappa shape index (κ3) is 5.01. The molecule has 1 amide bonds. The van der Waals surface area contributed by atoms with Crippen LogP contribution in [0.3, 0.4) is 0 Å². The number of hydrogen-bond donors (Lipinski definition) is 1. The van der Waals surface area contributed by atoms with Crippen molar-refractivity contribution in [3.8, 4) is 28.5 Å². The first-order valence-corrected chi connectivity index (χ1v) is 13.3. The van der Waals surface area contributed by atoms with Crippen LogP contribution in [-0.4, -0.2) is 67.7 Å². The van der Waals surface area contributed by atoms with Crippen molar-refractivity contribution in [1.82, 2.24) is 29.0 Å². The monoisotopic (exact) mass is 549 g/mol. The second kappa shape index (κ2) is 10.8. The molecule has 41 heavy (non-hydrogen) atoms. The predicted molar refractivity (Wildman–Crippen MR) is 152 cm³/mol. The van der Waals surface area contributed by atoms with E-state index in [-0.39, 0.29) is 18.3 Å². The molecule has 1 aromatic carbocycles. The molecule has 2 N–H and O–H groups in total. The third-order valence-corrected chi connectivity index (χ3v) is 7.52. The lowest BCUT2D eigenvalue weighted by Crippen LogP contribution is -2.51. The molecule has 0 aliphatic carbocycles. The molecule has 206 valence electrons. The van der Waals surface area contributed by atoms with E-state index >= 15 is 0 Å². The van der Waals surface area contributed by atoms with Gasteiger partial charge in [0.25, 0.3) is 0 Å². The number of fused-ring (bicyclic) bond motifs is 1. The summed E-state index contributed by atoms with van der Waals surface area (Å²) in [6.07, 6.45) is 7.10. The van der Waals surface area contributed by atoms with Gasteiger partial charge in [0.05, 0.1) is 24.0 Å². The first-order valence-electron chi connectivity index (χ1n) is 13.3. The molecule has 5 aromatic rings. The smallest absolute Gasteiger partial charge is 0.231 e. The third-order valence-electron chi connectivity index (χ3n) is 7.52. The molecule has 1 saturated heterocycles. The molecule has 0 saturated carbocycles. The Labute approximate surface area is 236 Å². The largest absolute Gasteiger partial charge is 0.353 e. The number of nitriles is 1. The lowest BCUT2D eigenvalue weighted by Gasteiger charge is -2.37. The lowest BCUT2D eigenvalue weighted by molar-refractivity contribution is -0.132. The number of aromatic nitrogens is 5. The Bertz CT molecular complexity index is 1740. The van der Waals surface area contributed by atoms with Crippen LogP contribution in [0, 0.1) is 17.1 Å². The van der Waals surface area contributed by atoms with Crippen LogP contribution in [0.25, 0.3) is 28.0 Å². The molecule has 0 radical (unpaired) electrons. The second-order valence-corrected chi connectivity index (χ2v) is 10.0. The Balaban J connectivity index is 1.20. The van der Waals surface area contributed by atoms with Crippen LogP contribution in [0.2, 0.25) is 0 Å². The number of hydrogen-bond acceptors (Lipinski definition) is 7. The number of benzene rings is 1. The summed E-state index contributed by atoms with van der Waals surface area (Å²) in [6, 6.07) is 16.1. The molecule has 6 rings (SSSR count). The van der Waals surface area contributed by atoms with E-state index in [9.17, 15) is 14.4 Å². The predicted octanol–water partition coefficient (Wildman–Crippen LogP) is 3.20. The van der Waals surface area contributed by atoms with Gasteiger partial charge in [-0.05, 0) is 47.5 Å². The van der Waals surface area contributed by atoms with Crippen LogP contribution in [0.4, 0.5) is 10.2 Å². The van der Waals surface area contributed by atoms with Crippen LogP contribution in [0.5, 0.6) is 0 Å². The number of nitrogens with zero attached hydrogens (tertiary/aromatic N) is 8. The van der Waals surface area contributed by atoms with Crippen molar-refractivity contribution < 1.29 is 9.18 Å². The normalized spacial score (nSPS) is 14.3. The Kier molecular flexibility index (Phi) is 6.91. The molecule has 5 heterocycles. The Hall–Kier alpha value is -5.08. The highest BCUT2D eigenvalue weighted by atomic mass is 19.1. The number of pyridine rings is 2. The van der Waals surface area contributed by atoms with Crippen molar-refractivity contribution in [1.29, 1.82) is 5.26 Å². The highest BCUT2D eigenvalue weighted by Crippen LogP contribution is 2.30. The van der Waals surface area contributed by atoms with Crippen LogP contribution in [-0.2, 0) is 11.8 Å². The summed E-state index contributed by atoms with van der Waals surface area (Å²) >= 11 is 0. The standard InChI is InChI=1S/C30H28FN9O/c1-37-19-23(17-36-37)22-12-27(40-25(14-32)18-35-29(40)13-22)21-4-7-28(34-16-21)38-8-10-39(11-9-38)30(41)26(15-33)20-2-5-24(31)6-3-20/h2-7,12-13,16-19,26H,8-11,15,33H2,1H3. The van der Waals surface area contributed by atoms with E-state index in [4.69, 9.17) is 10.7 Å². The van der Waals surface area contributed by atoms with Gasteiger partial charge in [0.1, 0.15) is 29.0 Å². The number of piperazine rings is 1. The van der Waals surface area contributed by atoms with Gasteiger partial charge in [-0.1, -0.05) is 12.1 Å². The van der Waals surface area contributed by atoms with E-state index in [0.717, 1.165) is 33.8 Å². The van der Waals surface area contributed by atoms with Crippen molar-refractivity contribution in [2.75, 3.05) is 37.6 Å². The Morgan fingerprint density at radius 2 is 1.78 bits per heavy atom. The first-order chi connectivity index (χ1) is 19.9. The van der Waals surface area contributed by atoms with E-state index in [1.54, 1.807) is 35.4 Å². The molecule has 0 bridgehead atoms. The van der Waals surface area contributed by atoms with Gasteiger partial charge in [-0.2, -0.15) is 10.4 Å². The minimum Gasteiger partial charge on any atom is -0.353 e. The van der Waals surface area contributed by atoms with Crippen molar-refractivity contribution in [2.45, 2.75) is 5.92 Å². The number of halogens is 1. The van der Waals surface area contributed by atoms with Crippen molar-refractivity contribution in [3.05, 3.63) is 90.4 Å². The zero-order valence-electron chi connectivity index (χ0n) is 22.5. The fourth-order valence-corrected chi connectivity index (χ4v) is 5.32. The van der Waals surface area contributed by atoms with Crippen LogP contribution >= 0.6 is 0 Å². The fourth-order valence-electron chi connectivity index (χ4n) is 5.32. The number of rotatable bonds is 6. The summed E-state index contributed by atoms with van der Waals surface area (Å²) in [4.78, 5) is 26.4. The van der Waals surface area contributed by atoms with Gasteiger partial charge >= 0.3 is 0 Å². The zero-order chi connectivity index (χ0) is 28.5. The van der Waals surface area contributed by atoms with E-state index in [1.807, 2.05) is 46.8 Å². The second-order valence-electron chi connectivity index (χ2n) is 10.0. The Morgan fingerprint density at radius 1 is 1.00 bits per heavy atom. The van der Waals surface area contributed by atoms with Crippen molar-refractivity contribution >= 4 is 17.4 Å². The maximum Gasteiger partial charge on any atom is 0.231 e. The molecular formula is C30H28FN9O. The van der Waals surface area contributed by atoms with Crippen LogP contribution < -0.4 is 10.6 Å². The summed E-state index contributed by atoms with van der Waals surface area (Å²) in [6.45, 7) is 2.48. The minimum atomic E-state index is -0.500. The molecule has 1 aliphatic rings. The molecule has 1 fully saturated rings. The SMILES string of the molecule is Cn1cc(-c2cc(-c3ccc(N4CCN(C(=O)C(CN)c5ccc(F)cc5)CC4)nc3)n3c(C#N)cnc3c2)cn1. The van der Waals surface area contributed by atoms with E-state index in [1.165, 1.54) is 12.1 Å². The molecule has 1 atom stereocenters. The summed E-state index contributed by atoms with van der Waals surface area (Å²) in [5.41, 5.74) is 11.3. The summed E-state index contributed by atoms with van der Waals surface area (Å²) in [5.74, 6) is -0.0840. The van der Waals surface area contributed by atoms with Gasteiger partial charge in [-0.3, -0.25) is 13.9 Å². The number of amides is 1. The number of carbonyl (C=O) groups is 1. The average molecular weight is 550 g/mol. The van der Waals surface area contributed by atoms with Crippen LogP contribution in [0.15, 0.2) is 73.3 Å². The zero-order valence-corrected chi connectivity index (χ0v) is 22.5. The first kappa shape index (κ1) is 26.2. The topological polar surface area (TPSA) is 121 Å². The molecule has 11 heteroatoms. The van der Waals surface area contributed by atoms with E-state index in [0.29, 0.717) is 37.5 Å².